The van der Waals surface area contributed by atoms with Crippen molar-refractivity contribution in [3.05, 3.63) is 73.8 Å². The lowest BCUT2D eigenvalue weighted by molar-refractivity contribution is -0.385. The van der Waals surface area contributed by atoms with Gasteiger partial charge in [-0.2, -0.15) is 0 Å². The summed E-state index contributed by atoms with van der Waals surface area (Å²) in [5.41, 5.74) is 0.877. The Morgan fingerprint density at radius 3 is 2.28 bits per heavy atom. The number of nitrogens with zero attached hydrogens (tertiary/aromatic N) is 2. The van der Waals surface area contributed by atoms with Crippen molar-refractivity contribution in [1.29, 1.82) is 0 Å². The average molecular weight is 360 g/mol. The maximum atomic E-state index is 12.1. The molecule has 0 saturated carbocycles. The second kappa shape index (κ2) is 7.45. The van der Waals surface area contributed by atoms with Gasteiger partial charge in [0.05, 0.1) is 9.85 Å². The van der Waals surface area contributed by atoms with E-state index in [0.717, 1.165) is 6.07 Å². The van der Waals surface area contributed by atoms with Crippen molar-refractivity contribution in [2.24, 2.45) is 0 Å². The molecule has 0 spiro atoms. The Bertz CT molecular complexity index is 884. The number of nitro groups is 2. The highest BCUT2D eigenvalue weighted by Gasteiger charge is 2.14. The predicted molar refractivity (Wildman–Crippen MR) is 94.6 cm³/mol. The average Bonchev–Trinajstić information content (AvgIpc) is 2.56. The van der Waals surface area contributed by atoms with Crippen molar-refractivity contribution in [3.63, 3.8) is 0 Å². The molecule has 1 amide bonds. The van der Waals surface area contributed by atoms with Gasteiger partial charge in [-0.25, -0.2) is 0 Å². The first-order valence-corrected chi connectivity index (χ1v) is 7.30. The smallest absolute Gasteiger partial charge is 0.270 e. The fourth-order valence-electron chi connectivity index (χ4n) is 1.99. The van der Waals surface area contributed by atoms with Gasteiger partial charge in [-0.3, -0.25) is 30.3 Å². The Kier molecular flexibility index (Phi) is 5.35. The number of rotatable bonds is 4. The van der Waals surface area contributed by atoms with Gasteiger partial charge in [-0.1, -0.05) is 6.07 Å². The fraction of sp³-hybridized carbons (Fsp3) is 0.0667. The molecule has 0 bridgehead atoms. The normalized spacial score (nSPS) is 9.96. The SMILES string of the molecule is Cc1cc([N+](=O)[O-])ccc1NC(=S)NC(=O)c1cccc([N+](=O)[O-])c1. The minimum atomic E-state index is -0.610. The zero-order valence-corrected chi connectivity index (χ0v) is 13.7. The van der Waals surface area contributed by atoms with Crippen LogP contribution in [0.2, 0.25) is 0 Å². The van der Waals surface area contributed by atoms with E-state index < -0.39 is 15.8 Å². The summed E-state index contributed by atoms with van der Waals surface area (Å²) in [7, 11) is 0. The van der Waals surface area contributed by atoms with E-state index >= 15 is 0 Å². The molecule has 0 fully saturated rings. The summed E-state index contributed by atoms with van der Waals surface area (Å²) in [4.78, 5) is 32.4. The van der Waals surface area contributed by atoms with E-state index in [9.17, 15) is 25.0 Å². The highest BCUT2D eigenvalue weighted by molar-refractivity contribution is 7.80. The van der Waals surface area contributed by atoms with Gasteiger partial charge in [-0.05, 0) is 36.8 Å². The van der Waals surface area contributed by atoms with Crippen LogP contribution >= 0.6 is 12.2 Å². The van der Waals surface area contributed by atoms with Crippen molar-refractivity contribution < 1.29 is 14.6 Å². The Labute approximate surface area is 147 Å². The minimum absolute atomic E-state index is 0.0338. The van der Waals surface area contributed by atoms with Crippen molar-refractivity contribution in [1.82, 2.24) is 5.32 Å². The zero-order valence-electron chi connectivity index (χ0n) is 12.9. The number of nitro benzene ring substituents is 2. The lowest BCUT2D eigenvalue weighted by atomic mass is 10.2. The highest BCUT2D eigenvalue weighted by atomic mass is 32.1. The lowest BCUT2D eigenvalue weighted by Crippen LogP contribution is -2.34. The quantitative estimate of drug-likeness (QED) is 0.487. The standard InChI is InChI=1S/C15H12N4O5S/c1-9-7-12(19(23)24)5-6-13(9)16-15(25)17-14(20)10-3-2-4-11(8-10)18(21)22/h2-8H,1H3,(H2,16,17,20,25). The second-order valence-electron chi connectivity index (χ2n) is 4.97. The zero-order chi connectivity index (χ0) is 18.6. The van der Waals surface area contributed by atoms with Gasteiger partial charge >= 0.3 is 0 Å². The summed E-state index contributed by atoms with van der Waals surface area (Å²) < 4.78 is 0. The molecule has 2 aromatic carbocycles. The van der Waals surface area contributed by atoms with Gasteiger partial charge in [-0.15, -0.1) is 0 Å². The number of nitrogens with one attached hydrogen (secondary N) is 2. The van der Waals surface area contributed by atoms with Crippen molar-refractivity contribution in [3.8, 4) is 0 Å². The molecule has 0 atom stereocenters. The molecule has 0 radical (unpaired) electrons. The summed E-state index contributed by atoms with van der Waals surface area (Å²) in [6.45, 7) is 1.65. The molecule has 25 heavy (non-hydrogen) atoms. The summed E-state index contributed by atoms with van der Waals surface area (Å²) in [6.07, 6.45) is 0. The molecule has 128 valence electrons. The molecule has 0 heterocycles. The van der Waals surface area contributed by atoms with Gasteiger partial charge in [0, 0.05) is 35.5 Å². The van der Waals surface area contributed by atoms with Gasteiger partial charge in [0.1, 0.15) is 0 Å². The van der Waals surface area contributed by atoms with Crippen LogP contribution in [0.5, 0.6) is 0 Å². The molecule has 0 saturated heterocycles. The number of carbonyl (C=O) groups excluding carboxylic acids is 1. The molecular weight excluding hydrogens is 348 g/mol. The van der Waals surface area contributed by atoms with Crippen LogP contribution in [0.3, 0.4) is 0 Å². The van der Waals surface area contributed by atoms with Crippen LogP contribution in [-0.2, 0) is 0 Å². The van der Waals surface area contributed by atoms with Gasteiger partial charge in [0.2, 0.25) is 0 Å². The van der Waals surface area contributed by atoms with Crippen LogP contribution in [0.25, 0.3) is 0 Å². The van der Waals surface area contributed by atoms with E-state index in [1.165, 1.54) is 36.4 Å². The van der Waals surface area contributed by atoms with E-state index in [1.807, 2.05) is 0 Å². The third kappa shape index (κ3) is 4.54. The molecule has 0 unspecified atom stereocenters. The summed E-state index contributed by atoms with van der Waals surface area (Å²) >= 11 is 5.03. The highest BCUT2D eigenvalue weighted by Crippen LogP contribution is 2.21. The molecule has 2 aromatic rings. The Morgan fingerprint density at radius 1 is 1.04 bits per heavy atom. The van der Waals surface area contributed by atoms with E-state index in [4.69, 9.17) is 12.2 Å². The molecule has 9 nitrogen and oxygen atoms in total. The molecule has 0 aromatic heterocycles. The van der Waals surface area contributed by atoms with Crippen LogP contribution in [0.4, 0.5) is 17.1 Å². The molecule has 0 aliphatic heterocycles. The Morgan fingerprint density at radius 2 is 1.68 bits per heavy atom. The maximum Gasteiger partial charge on any atom is 0.270 e. The molecule has 2 N–H and O–H groups in total. The number of hydrogen-bond acceptors (Lipinski definition) is 6. The Balaban J connectivity index is 2.07. The summed E-state index contributed by atoms with van der Waals surface area (Å²) in [5.74, 6) is -0.610. The number of non-ortho nitro benzene ring substituents is 2. The number of amides is 1. The molecule has 0 aliphatic rings. The fourth-order valence-corrected chi connectivity index (χ4v) is 2.19. The van der Waals surface area contributed by atoms with Gasteiger partial charge in [0.25, 0.3) is 17.3 Å². The minimum Gasteiger partial charge on any atom is -0.332 e. The van der Waals surface area contributed by atoms with Crippen molar-refractivity contribution in [2.75, 3.05) is 5.32 Å². The molecule has 0 aliphatic carbocycles. The number of aryl methyl sites for hydroxylation is 1. The maximum absolute atomic E-state index is 12.1. The van der Waals surface area contributed by atoms with E-state index in [1.54, 1.807) is 6.92 Å². The summed E-state index contributed by atoms with van der Waals surface area (Å²) in [5, 5.41) is 26.6. The van der Waals surface area contributed by atoms with E-state index in [0.29, 0.717) is 11.3 Å². The van der Waals surface area contributed by atoms with Crippen LogP contribution in [0.15, 0.2) is 42.5 Å². The number of benzene rings is 2. The van der Waals surface area contributed by atoms with Crippen LogP contribution < -0.4 is 10.6 Å². The topological polar surface area (TPSA) is 127 Å². The third-order valence-corrected chi connectivity index (χ3v) is 3.42. The first kappa shape index (κ1) is 17.9. The number of carbonyl (C=O) groups is 1. The van der Waals surface area contributed by atoms with Crippen LogP contribution in [0.1, 0.15) is 15.9 Å². The van der Waals surface area contributed by atoms with Gasteiger partial charge in [0.15, 0.2) is 5.11 Å². The largest absolute Gasteiger partial charge is 0.332 e. The van der Waals surface area contributed by atoms with Crippen molar-refractivity contribution >= 4 is 40.3 Å². The van der Waals surface area contributed by atoms with Crippen molar-refractivity contribution in [2.45, 2.75) is 6.92 Å². The lowest BCUT2D eigenvalue weighted by Gasteiger charge is -2.11. The first-order valence-electron chi connectivity index (χ1n) is 6.90. The monoisotopic (exact) mass is 360 g/mol. The van der Waals surface area contributed by atoms with E-state index in [-0.39, 0.29) is 22.1 Å². The molecular formula is C15H12N4O5S. The third-order valence-electron chi connectivity index (χ3n) is 3.22. The molecule has 2 rings (SSSR count). The van der Waals surface area contributed by atoms with Crippen LogP contribution in [-0.4, -0.2) is 20.9 Å². The van der Waals surface area contributed by atoms with Crippen LogP contribution in [0, 0.1) is 27.2 Å². The second-order valence-corrected chi connectivity index (χ2v) is 5.38. The van der Waals surface area contributed by atoms with E-state index in [2.05, 4.69) is 10.6 Å². The molecule has 10 heteroatoms. The van der Waals surface area contributed by atoms with Gasteiger partial charge < -0.3 is 5.32 Å². The Hall–Kier alpha value is -3.40. The number of anilines is 1. The number of hydrogen-bond donors (Lipinski definition) is 2. The first-order chi connectivity index (χ1) is 11.8. The predicted octanol–water partition coefficient (Wildman–Crippen LogP) is 2.94. The number of thiocarbonyl (C=S) groups is 1. The summed E-state index contributed by atoms with van der Waals surface area (Å²) in [6, 6.07) is 9.36.